The minimum atomic E-state index is 0.178. The predicted octanol–water partition coefficient (Wildman–Crippen LogP) is 4.23. The van der Waals surface area contributed by atoms with Gasteiger partial charge in [-0.2, -0.15) is 0 Å². The maximum atomic E-state index is 12.2. The van der Waals surface area contributed by atoms with Gasteiger partial charge >= 0.3 is 0 Å². The summed E-state index contributed by atoms with van der Waals surface area (Å²) in [4.78, 5) is 24.3. The fourth-order valence-corrected chi connectivity index (χ4v) is 4.40. The topological polar surface area (TPSA) is 58.2 Å². The van der Waals surface area contributed by atoms with Crippen LogP contribution in [0.5, 0.6) is 0 Å². The van der Waals surface area contributed by atoms with Crippen LogP contribution in [-0.2, 0) is 9.59 Å². The van der Waals surface area contributed by atoms with Crippen molar-refractivity contribution in [1.82, 2.24) is 10.6 Å². The zero-order valence-corrected chi connectivity index (χ0v) is 17.1. The van der Waals surface area contributed by atoms with Gasteiger partial charge < -0.3 is 10.6 Å². The van der Waals surface area contributed by atoms with E-state index in [9.17, 15) is 9.59 Å². The third-order valence-corrected chi connectivity index (χ3v) is 5.87. The predicted molar refractivity (Wildman–Crippen MR) is 119 cm³/mol. The Kier molecular flexibility index (Phi) is 6.43. The van der Waals surface area contributed by atoms with E-state index in [0.717, 1.165) is 24.2 Å². The van der Waals surface area contributed by atoms with Gasteiger partial charge in [-0.25, -0.2) is 0 Å². The van der Waals surface area contributed by atoms with Crippen molar-refractivity contribution < 1.29 is 9.59 Å². The Morgan fingerprint density at radius 1 is 0.600 bits per heavy atom. The highest BCUT2D eigenvalue weighted by Crippen LogP contribution is 2.31. The molecule has 0 unspecified atom stereocenters. The monoisotopic (exact) mass is 400 g/mol. The number of allylic oxidation sites excluding steroid dienone is 4. The zero-order chi connectivity index (χ0) is 20.8. The van der Waals surface area contributed by atoms with Crippen LogP contribution in [-0.4, -0.2) is 24.7 Å². The van der Waals surface area contributed by atoms with Gasteiger partial charge in [-0.1, -0.05) is 60.7 Å². The van der Waals surface area contributed by atoms with Crippen molar-refractivity contribution in [2.75, 3.05) is 13.1 Å². The van der Waals surface area contributed by atoms with Crippen molar-refractivity contribution in [3.05, 3.63) is 95.3 Å². The van der Waals surface area contributed by atoms with Gasteiger partial charge in [0.15, 0.2) is 11.6 Å². The molecule has 0 saturated heterocycles. The van der Waals surface area contributed by atoms with E-state index in [1.165, 1.54) is 11.1 Å². The summed E-state index contributed by atoms with van der Waals surface area (Å²) < 4.78 is 0. The Morgan fingerprint density at radius 2 is 1.00 bits per heavy atom. The van der Waals surface area contributed by atoms with Crippen molar-refractivity contribution in [2.24, 2.45) is 0 Å². The van der Waals surface area contributed by atoms with Crippen molar-refractivity contribution in [2.45, 2.75) is 37.5 Å². The summed E-state index contributed by atoms with van der Waals surface area (Å²) in [6.07, 6.45) is 6.34. The highest BCUT2D eigenvalue weighted by atomic mass is 16.1. The van der Waals surface area contributed by atoms with Gasteiger partial charge in [0.05, 0.1) is 0 Å². The molecule has 0 amide bonds. The van der Waals surface area contributed by atoms with Crippen LogP contribution in [0, 0.1) is 0 Å². The number of hydrogen-bond donors (Lipinski definition) is 2. The van der Waals surface area contributed by atoms with E-state index in [1.807, 2.05) is 36.4 Å². The summed E-state index contributed by atoms with van der Waals surface area (Å²) in [5.41, 5.74) is 4.43. The Balaban J connectivity index is 1.27. The second-order valence-corrected chi connectivity index (χ2v) is 8.16. The number of carbonyl (C=O) groups is 2. The van der Waals surface area contributed by atoms with Crippen LogP contribution in [0.25, 0.3) is 0 Å². The van der Waals surface area contributed by atoms with Gasteiger partial charge in [-0.3, -0.25) is 9.59 Å². The van der Waals surface area contributed by atoms with E-state index in [0.29, 0.717) is 25.9 Å². The number of benzene rings is 2. The van der Waals surface area contributed by atoms with Crippen LogP contribution < -0.4 is 10.6 Å². The molecule has 2 aromatic rings. The quantitative estimate of drug-likeness (QED) is 0.683. The summed E-state index contributed by atoms with van der Waals surface area (Å²) in [6, 6.07) is 20.5. The van der Waals surface area contributed by atoms with Crippen molar-refractivity contribution in [3.8, 4) is 0 Å². The van der Waals surface area contributed by atoms with E-state index in [1.54, 1.807) is 12.2 Å². The van der Waals surface area contributed by atoms with E-state index in [4.69, 9.17) is 0 Å². The highest BCUT2D eigenvalue weighted by Gasteiger charge is 2.23. The molecule has 0 bridgehead atoms. The number of ketones is 2. The number of nitrogens with one attached hydrogen (secondary N) is 2. The van der Waals surface area contributed by atoms with Crippen LogP contribution in [0.15, 0.2) is 84.2 Å². The second-order valence-electron chi connectivity index (χ2n) is 8.16. The lowest BCUT2D eigenvalue weighted by atomic mass is 9.85. The summed E-state index contributed by atoms with van der Waals surface area (Å²) in [6.45, 7) is 1.42. The molecule has 2 N–H and O–H groups in total. The Morgan fingerprint density at radius 3 is 1.40 bits per heavy atom. The van der Waals surface area contributed by atoms with Crippen LogP contribution in [0.2, 0.25) is 0 Å². The first-order valence-corrected chi connectivity index (χ1v) is 10.7. The first-order valence-electron chi connectivity index (χ1n) is 10.7. The number of hydrogen-bond acceptors (Lipinski definition) is 4. The summed E-state index contributed by atoms with van der Waals surface area (Å²) in [5.74, 6) is 0.836. The molecule has 0 saturated carbocycles. The van der Waals surface area contributed by atoms with Gasteiger partial charge in [-0.05, 0) is 35.8 Å². The fraction of sp³-hybridized carbons (Fsp3) is 0.308. The van der Waals surface area contributed by atoms with Gasteiger partial charge in [0.25, 0.3) is 0 Å². The molecule has 4 nitrogen and oxygen atoms in total. The molecule has 4 rings (SSSR count). The number of rotatable bonds is 7. The molecule has 0 aliphatic heterocycles. The molecular weight excluding hydrogens is 372 g/mol. The molecular formula is C26H28N2O2. The maximum absolute atomic E-state index is 12.2. The minimum absolute atomic E-state index is 0.178. The average molecular weight is 401 g/mol. The first-order chi connectivity index (χ1) is 14.7. The molecule has 0 radical (unpaired) electrons. The molecule has 2 aromatic carbocycles. The van der Waals surface area contributed by atoms with E-state index in [-0.39, 0.29) is 23.4 Å². The molecule has 0 spiro atoms. The largest absolute Gasteiger partial charge is 0.386 e. The van der Waals surface area contributed by atoms with Crippen molar-refractivity contribution in [3.63, 3.8) is 0 Å². The van der Waals surface area contributed by atoms with E-state index < -0.39 is 0 Å². The third kappa shape index (κ3) is 5.26. The van der Waals surface area contributed by atoms with Gasteiger partial charge in [-0.15, -0.1) is 0 Å². The highest BCUT2D eigenvalue weighted by molar-refractivity contribution is 5.92. The van der Waals surface area contributed by atoms with Gasteiger partial charge in [0, 0.05) is 49.5 Å². The molecule has 0 fully saturated rings. The summed E-state index contributed by atoms with van der Waals surface area (Å²) >= 11 is 0. The smallest absolute Gasteiger partial charge is 0.158 e. The standard InChI is InChI=1S/C26H28N2O2/c29-25-15-21(19-7-3-1-4-8-19)13-23(17-25)27-11-12-28-24-14-22(16-26(30)18-24)20-9-5-2-6-10-20/h1-10,17-18,21-22,27-28H,11-16H2/t21-,22+. The third-order valence-electron chi connectivity index (χ3n) is 5.87. The fourth-order valence-electron chi connectivity index (χ4n) is 4.40. The van der Waals surface area contributed by atoms with E-state index in [2.05, 4.69) is 34.9 Å². The van der Waals surface area contributed by atoms with Crippen molar-refractivity contribution >= 4 is 11.6 Å². The Hall–Kier alpha value is -3.14. The van der Waals surface area contributed by atoms with E-state index >= 15 is 0 Å². The Bertz CT molecular complexity index is 868. The molecule has 4 heteroatoms. The molecule has 2 atom stereocenters. The normalized spacial score (nSPS) is 21.6. The van der Waals surface area contributed by atoms with Gasteiger partial charge in [0.1, 0.15) is 0 Å². The average Bonchev–Trinajstić information content (AvgIpc) is 2.77. The molecule has 0 heterocycles. The lowest BCUT2D eigenvalue weighted by Gasteiger charge is -2.25. The molecule has 2 aliphatic rings. The van der Waals surface area contributed by atoms with Crippen LogP contribution in [0.3, 0.4) is 0 Å². The van der Waals surface area contributed by atoms with Crippen molar-refractivity contribution in [1.29, 1.82) is 0 Å². The van der Waals surface area contributed by atoms with Gasteiger partial charge in [0.2, 0.25) is 0 Å². The first kappa shape index (κ1) is 20.1. The molecule has 0 aromatic heterocycles. The maximum Gasteiger partial charge on any atom is 0.158 e. The van der Waals surface area contributed by atoms with Crippen LogP contribution in [0.1, 0.15) is 48.6 Å². The second kappa shape index (κ2) is 9.57. The summed E-state index contributed by atoms with van der Waals surface area (Å²) in [7, 11) is 0. The number of carbonyl (C=O) groups excluding carboxylic acids is 2. The molecule has 154 valence electrons. The lowest BCUT2D eigenvalue weighted by molar-refractivity contribution is -0.116. The molecule has 2 aliphatic carbocycles. The van der Waals surface area contributed by atoms with Crippen LogP contribution >= 0.6 is 0 Å². The molecule has 30 heavy (non-hydrogen) atoms. The van der Waals surface area contributed by atoms with Crippen LogP contribution in [0.4, 0.5) is 0 Å². The summed E-state index contributed by atoms with van der Waals surface area (Å²) in [5, 5.41) is 6.82. The zero-order valence-electron chi connectivity index (χ0n) is 17.1. The minimum Gasteiger partial charge on any atom is -0.386 e. The lowest BCUT2D eigenvalue weighted by Crippen LogP contribution is -2.30. The SMILES string of the molecule is O=C1C=C(NCCNC2=CC(=O)C[C@H](c3ccccc3)C2)C[C@H](c2ccccc2)C1. The Labute approximate surface area is 178 Å².